The molecule has 1 unspecified atom stereocenters. The molecule has 0 fully saturated rings. The van der Waals surface area contributed by atoms with E-state index in [1.807, 2.05) is 12.1 Å². The molecule has 0 N–H and O–H groups in total. The minimum absolute atomic E-state index is 0.199. The Hall–Kier alpha value is -3.91. The first-order valence-corrected chi connectivity index (χ1v) is 10.4. The molecule has 9 heteroatoms. The van der Waals surface area contributed by atoms with Crippen molar-refractivity contribution in [1.29, 1.82) is 0 Å². The Morgan fingerprint density at radius 1 is 1.03 bits per heavy atom. The molecule has 1 aliphatic rings. The van der Waals surface area contributed by atoms with Crippen LogP contribution >= 0.6 is 11.6 Å². The number of benzene rings is 2. The number of methoxy groups -OCH3 is 1. The van der Waals surface area contributed by atoms with E-state index in [2.05, 4.69) is 9.84 Å². The number of ether oxygens (including phenoxy) is 2. The number of halogens is 1. The van der Waals surface area contributed by atoms with Crippen LogP contribution in [0.2, 0.25) is 5.02 Å². The maximum atomic E-state index is 12.9. The van der Waals surface area contributed by atoms with Gasteiger partial charge in [0.25, 0.3) is 5.91 Å². The molecular weight excluding hydrogens is 448 g/mol. The van der Waals surface area contributed by atoms with Gasteiger partial charge in [0, 0.05) is 11.4 Å². The molecule has 0 saturated heterocycles. The number of hydrogen-bond donors (Lipinski definition) is 0. The van der Waals surface area contributed by atoms with Crippen LogP contribution in [0.4, 0.5) is 0 Å². The van der Waals surface area contributed by atoms with Crippen LogP contribution < -0.4 is 0 Å². The van der Waals surface area contributed by atoms with E-state index >= 15 is 0 Å². The van der Waals surface area contributed by atoms with E-state index in [1.54, 1.807) is 24.3 Å². The fourth-order valence-corrected chi connectivity index (χ4v) is 3.52. The van der Waals surface area contributed by atoms with Crippen molar-refractivity contribution in [3.63, 3.8) is 0 Å². The third kappa shape index (κ3) is 4.96. The zero-order chi connectivity index (χ0) is 23.4. The summed E-state index contributed by atoms with van der Waals surface area (Å²) in [6.07, 6.45) is 1.96. The molecule has 33 heavy (non-hydrogen) atoms. The van der Waals surface area contributed by atoms with Crippen LogP contribution in [-0.2, 0) is 14.3 Å². The van der Waals surface area contributed by atoms with Crippen molar-refractivity contribution in [1.82, 2.24) is 5.01 Å². The summed E-state index contributed by atoms with van der Waals surface area (Å²) in [7, 11) is 1.27. The van der Waals surface area contributed by atoms with Crippen LogP contribution in [-0.4, -0.2) is 42.3 Å². The van der Waals surface area contributed by atoms with Crippen molar-refractivity contribution in [2.75, 3.05) is 13.7 Å². The predicted octanol–water partition coefficient (Wildman–Crippen LogP) is 4.25. The van der Waals surface area contributed by atoms with Crippen LogP contribution in [0.3, 0.4) is 0 Å². The molecule has 0 aliphatic carbocycles. The van der Waals surface area contributed by atoms with Gasteiger partial charge in [-0.25, -0.2) is 14.6 Å². The standard InChI is InChI=1S/C24H19ClN2O6/c1-31-23(29)16-4-6-17(7-5-16)24(30)33-14-22(28)27-20(21-3-2-12-32-21)13-19(26-27)15-8-10-18(25)11-9-15/h2-12,20H,13-14H2,1H3. The van der Waals surface area contributed by atoms with E-state index in [1.165, 1.54) is 42.6 Å². The zero-order valence-electron chi connectivity index (χ0n) is 17.6. The van der Waals surface area contributed by atoms with Crippen molar-refractivity contribution >= 4 is 35.2 Å². The van der Waals surface area contributed by atoms with E-state index in [4.69, 9.17) is 20.8 Å². The summed E-state index contributed by atoms with van der Waals surface area (Å²) in [5, 5.41) is 6.34. The van der Waals surface area contributed by atoms with Crippen molar-refractivity contribution < 1.29 is 28.3 Å². The van der Waals surface area contributed by atoms with Crippen LogP contribution in [0.25, 0.3) is 0 Å². The lowest BCUT2D eigenvalue weighted by Crippen LogP contribution is -2.31. The molecular formula is C24H19ClN2O6. The average molecular weight is 467 g/mol. The molecule has 8 nitrogen and oxygen atoms in total. The highest BCUT2D eigenvalue weighted by molar-refractivity contribution is 6.30. The first kappa shape index (κ1) is 22.3. The third-order valence-corrected chi connectivity index (χ3v) is 5.34. The fraction of sp³-hybridized carbons (Fsp3) is 0.167. The number of amides is 1. The van der Waals surface area contributed by atoms with E-state index in [9.17, 15) is 14.4 Å². The maximum Gasteiger partial charge on any atom is 0.338 e. The van der Waals surface area contributed by atoms with Gasteiger partial charge < -0.3 is 13.9 Å². The predicted molar refractivity (Wildman–Crippen MR) is 119 cm³/mol. The highest BCUT2D eigenvalue weighted by Crippen LogP contribution is 2.33. The Morgan fingerprint density at radius 3 is 2.30 bits per heavy atom. The Kier molecular flexibility index (Phi) is 6.55. The number of rotatable bonds is 6. The van der Waals surface area contributed by atoms with Crippen LogP contribution in [0.5, 0.6) is 0 Å². The van der Waals surface area contributed by atoms with E-state index in [0.717, 1.165) is 5.56 Å². The van der Waals surface area contributed by atoms with Gasteiger partial charge in [0.2, 0.25) is 0 Å². The van der Waals surface area contributed by atoms with E-state index < -0.39 is 30.5 Å². The molecule has 1 aromatic heterocycles. The Balaban J connectivity index is 1.47. The monoisotopic (exact) mass is 466 g/mol. The number of esters is 2. The van der Waals surface area contributed by atoms with Crippen LogP contribution in [0.15, 0.2) is 76.4 Å². The molecule has 1 amide bonds. The molecule has 3 aromatic rings. The second-order valence-electron chi connectivity index (χ2n) is 7.17. The third-order valence-electron chi connectivity index (χ3n) is 5.08. The summed E-state index contributed by atoms with van der Waals surface area (Å²) in [5.74, 6) is -1.14. The van der Waals surface area contributed by atoms with Gasteiger partial charge in [0.05, 0.1) is 30.2 Å². The summed E-state index contributed by atoms with van der Waals surface area (Å²) in [5.41, 5.74) is 2.01. The molecule has 0 spiro atoms. The van der Waals surface area contributed by atoms with E-state index in [0.29, 0.717) is 28.5 Å². The molecule has 1 atom stereocenters. The summed E-state index contributed by atoms with van der Waals surface area (Å²) < 4.78 is 15.3. The minimum Gasteiger partial charge on any atom is -0.467 e. The second-order valence-corrected chi connectivity index (χ2v) is 7.61. The van der Waals surface area contributed by atoms with Gasteiger partial charge in [0.1, 0.15) is 11.8 Å². The molecule has 0 saturated carbocycles. The largest absolute Gasteiger partial charge is 0.467 e. The Bertz CT molecular complexity index is 1190. The van der Waals surface area contributed by atoms with Gasteiger partial charge in [-0.05, 0) is 54.1 Å². The molecule has 2 heterocycles. The molecule has 4 rings (SSSR count). The Morgan fingerprint density at radius 2 is 1.70 bits per heavy atom. The van der Waals surface area contributed by atoms with Gasteiger partial charge in [-0.3, -0.25) is 4.79 Å². The van der Waals surface area contributed by atoms with Gasteiger partial charge in [-0.2, -0.15) is 5.10 Å². The SMILES string of the molecule is COC(=O)c1ccc(C(=O)OCC(=O)N2N=C(c3ccc(Cl)cc3)CC2c2ccco2)cc1. The van der Waals surface area contributed by atoms with Crippen molar-refractivity contribution in [3.05, 3.63) is 94.4 Å². The number of hydrazone groups is 1. The topological polar surface area (TPSA) is 98.4 Å². The molecule has 0 radical (unpaired) electrons. The van der Waals surface area contributed by atoms with Crippen molar-refractivity contribution in [2.24, 2.45) is 5.10 Å². The average Bonchev–Trinajstić information content (AvgIpc) is 3.52. The molecule has 1 aliphatic heterocycles. The smallest absolute Gasteiger partial charge is 0.338 e. The summed E-state index contributed by atoms with van der Waals surface area (Å²) in [4.78, 5) is 36.8. The maximum absolute atomic E-state index is 12.9. The van der Waals surface area contributed by atoms with Crippen LogP contribution in [0.1, 0.15) is 44.5 Å². The number of hydrogen-bond acceptors (Lipinski definition) is 7. The first-order valence-electron chi connectivity index (χ1n) is 10.0. The lowest BCUT2D eigenvalue weighted by atomic mass is 10.0. The first-order chi connectivity index (χ1) is 16.0. The lowest BCUT2D eigenvalue weighted by molar-refractivity contribution is -0.136. The number of furan rings is 1. The summed E-state index contributed by atoms with van der Waals surface area (Å²) in [6, 6.07) is 15.9. The van der Waals surface area contributed by atoms with Gasteiger partial charge in [0.15, 0.2) is 6.61 Å². The normalized spacial score (nSPS) is 15.2. The number of carbonyl (C=O) groups is 3. The zero-order valence-corrected chi connectivity index (χ0v) is 18.3. The number of nitrogens with zero attached hydrogens (tertiary/aromatic N) is 2. The van der Waals surface area contributed by atoms with Crippen LogP contribution in [0, 0.1) is 0 Å². The quantitative estimate of drug-likeness (QED) is 0.503. The molecule has 2 aromatic carbocycles. The molecule has 168 valence electrons. The van der Waals surface area contributed by atoms with E-state index in [-0.39, 0.29) is 5.56 Å². The summed E-state index contributed by atoms with van der Waals surface area (Å²) >= 11 is 5.97. The van der Waals surface area contributed by atoms with Crippen molar-refractivity contribution in [3.8, 4) is 0 Å². The highest BCUT2D eigenvalue weighted by Gasteiger charge is 2.35. The summed E-state index contributed by atoms with van der Waals surface area (Å²) in [6.45, 7) is -0.508. The number of carbonyl (C=O) groups excluding carboxylic acids is 3. The second kappa shape index (κ2) is 9.70. The fourth-order valence-electron chi connectivity index (χ4n) is 3.40. The van der Waals surface area contributed by atoms with Gasteiger partial charge >= 0.3 is 11.9 Å². The Labute approximate surface area is 194 Å². The van der Waals surface area contributed by atoms with Gasteiger partial charge in [-0.1, -0.05) is 23.7 Å². The highest BCUT2D eigenvalue weighted by atomic mass is 35.5. The van der Waals surface area contributed by atoms with Gasteiger partial charge in [-0.15, -0.1) is 0 Å². The van der Waals surface area contributed by atoms with Crippen molar-refractivity contribution in [2.45, 2.75) is 12.5 Å². The molecule has 0 bridgehead atoms. The lowest BCUT2D eigenvalue weighted by Gasteiger charge is -2.19. The minimum atomic E-state index is -0.699.